The summed E-state index contributed by atoms with van der Waals surface area (Å²) in [6.07, 6.45) is 5.61. The van der Waals surface area contributed by atoms with Gasteiger partial charge in [-0.25, -0.2) is 4.98 Å². The SMILES string of the molecule is Cn1nc(-c2ccccc2)cc1Nc1cc(NC2CCC2)c2cnn(C)c2n1. The van der Waals surface area contributed by atoms with Crippen molar-refractivity contribution in [2.75, 3.05) is 10.6 Å². The number of nitrogens with zero attached hydrogens (tertiary/aromatic N) is 5. The lowest BCUT2D eigenvalue weighted by atomic mass is 9.93. The van der Waals surface area contributed by atoms with Crippen LogP contribution in [0.25, 0.3) is 22.3 Å². The Balaban J connectivity index is 1.49. The number of hydrogen-bond acceptors (Lipinski definition) is 5. The van der Waals surface area contributed by atoms with Gasteiger partial charge in [-0.1, -0.05) is 30.3 Å². The summed E-state index contributed by atoms with van der Waals surface area (Å²) in [5, 5.41) is 17.2. The van der Waals surface area contributed by atoms with E-state index in [4.69, 9.17) is 4.98 Å². The van der Waals surface area contributed by atoms with E-state index in [1.54, 1.807) is 0 Å². The molecule has 7 nitrogen and oxygen atoms in total. The fraction of sp³-hybridized carbons (Fsp3) is 0.286. The molecule has 0 spiro atoms. The van der Waals surface area contributed by atoms with E-state index >= 15 is 0 Å². The number of benzene rings is 1. The fourth-order valence-corrected chi connectivity index (χ4v) is 3.54. The van der Waals surface area contributed by atoms with E-state index in [1.807, 2.05) is 53.9 Å². The second kappa shape index (κ2) is 6.67. The Bertz CT molecular complexity index is 1120. The molecule has 2 N–H and O–H groups in total. The first-order valence-electron chi connectivity index (χ1n) is 9.63. The van der Waals surface area contributed by atoms with Crippen molar-refractivity contribution in [3.63, 3.8) is 0 Å². The molecule has 3 aromatic heterocycles. The maximum Gasteiger partial charge on any atom is 0.161 e. The molecular weight excluding hydrogens is 350 g/mol. The van der Waals surface area contributed by atoms with Crippen LogP contribution in [0.4, 0.5) is 17.3 Å². The predicted octanol–water partition coefficient (Wildman–Crippen LogP) is 4.08. The summed E-state index contributed by atoms with van der Waals surface area (Å²) in [6, 6.07) is 14.8. The minimum Gasteiger partial charge on any atom is -0.382 e. The van der Waals surface area contributed by atoms with E-state index in [0.29, 0.717) is 6.04 Å². The van der Waals surface area contributed by atoms with Crippen molar-refractivity contribution in [2.45, 2.75) is 25.3 Å². The molecule has 28 heavy (non-hydrogen) atoms. The van der Waals surface area contributed by atoms with Gasteiger partial charge in [0.15, 0.2) is 5.65 Å². The van der Waals surface area contributed by atoms with Gasteiger partial charge in [-0.15, -0.1) is 0 Å². The van der Waals surface area contributed by atoms with E-state index in [0.717, 1.165) is 39.6 Å². The highest BCUT2D eigenvalue weighted by atomic mass is 15.3. The Morgan fingerprint density at radius 1 is 1.04 bits per heavy atom. The smallest absolute Gasteiger partial charge is 0.161 e. The number of aryl methyl sites for hydroxylation is 2. The minimum absolute atomic E-state index is 0.542. The van der Waals surface area contributed by atoms with Crippen LogP contribution in [0, 0.1) is 0 Å². The highest BCUT2D eigenvalue weighted by molar-refractivity contribution is 5.91. The van der Waals surface area contributed by atoms with Crippen LogP contribution in [0.1, 0.15) is 19.3 Å². The van der Waals surface area contributed by atoms with Crippen molar-refractivity contribution in [3.05, 3.63) is 48.7 Å². The van der Waals surface area contributed by atoms with Gasteiger partial charge in [0.2, 0.25) is 0 Å². The molecule has 7 heteroatoms. The average molecular weight is 373 g/mol. The molecule has 0 radical (unpaired) electrons. The lowest BCUT2D eigenvalue weighted by molar-refractivity contribution is 0.446. The topological polar surface area (TPSA) is 72.6 Å². The number of anilines is 3. The van der Waals surface area contributed by atoms with Gasteiger partial charge >= 0.3 is 0 Å². The Morgan fingerprint density at radius 2 is 1.86 bits per heavy atom. The van der Waals surface area contributed by atoms with Crippen molar-refractivity contribution in [1.29, 1.82) is 0 Å². The van der Waals surface area contributed by atoms with Gasteiger partial charge in [0.05, 0.1) is 23.0 Å². The third kappa shape index (κ3) is 2.98. The lowest BCUT2D eigenvalue weighted by Crippen LogP contribution is -2.27. The Morgan fingerprint density at radius 3 is 2.61 bits per heavy atom. The molecule has 0 bridgehead atoms. The van der Waals surface area contributed by atoms with Crippen LogP contribution < -0.4 is 10.6 Å². The number of hydrogen-bond donors (Lipinski definition) is 2. The monoisotopic (exact) mass is 373 g/mol. The van der Waals surface area contributed by atoms with Gasteiger partial charge < -0.3 is 10.6 Å². The first kappa shape index (κ1) is 16.8. The largest absolute Gasteiger partial charge is 0.382 e. The highest BCUT2D eigenvalue weighted by Gasteiger charge is 2.20. The zero-order valence-electron chi connectivity index (χ0n) is 16.1. The molecule has 1 aromatic carbocycles. The second-order valence-corrected chi connectivity index (χ2v) is 7.36. The molecule has 1 saturated carbocycles. The molecule has 5 rings (SSSR count). The van der Waals surface area contributed by atoms with Gasteiger partial charge in [-0.05, 0) is 19.3 Å². The van der Waals surface area contributed by atoms with Gasteiger partial charge in [-0.3, -0.25) is 9.36 Å². The van der Waals surface area contributed by atoms with Crippen molar-refractivity contribution >= 4 is 28.4 Å². The van der Waals surface area contributed by atoms with E-state index in [2.05, 4.69) is 39.0 Å². The number of fused-ring (bicyclic) bond motifs is 1. The maximum absolute atomic E-state index is 4.77. The summed E-state index contributed by atoms with van der Waals surface area (Å²) in [7, 11) is 3.86. The summed E-state index contributed by atoms with van der Waals surface area (Å²) >= 11 is 0. The molecule has 0 aliphatic heterocycles. The Hall–Kier alpha value is -3.35. The molecule has 3 heterocycles. The first-order chi connectivity index (χ1) is 13.7. The number of nitrogens with one attached hydrogen (secondary N) is 2. The zero-order valence-corrected chi connectivity index (χ0v) is 16.1. The Labute approximate surface area is 163 Å². The molecule has 1 fully saturated rings. The summed E-state index contributed by atoms with van der Waals surface area (Å²) in [4.78, 5) is 4.77. The maximum atomic E-state index is 4.77. The van der Waals surface area contributed by atoms with E-state index < -0.39 is 0 Å². The number of rotatable bonds is 5. The van der Waals surface area contributed by atoms with Gasteiger partial charge in [0.25, 0.3) is 0 Å². The molecule has 142 valence electrons. The second-order valence-electron chi connectivity index (χ2n) is 7.36. The average Bonchev–Trinajstić information content (AvgIpc) is 3.22. The van der Waals surface area contributed by atoms with Crippen LogP contribution in [0.2, 0.25) is 0 Å². The molecule has 0 amide bonds. The van der Waals surface area contributed by atoms with E-state index in [-0.39, 0.29) is 0 Å². The van der Waals surface area contributed by atoms with Crippen LogP contribution in [0.5, 0.6) is 0 Å². The van der Waals surface area contributed by atoms with E-state index in [9.17, 15) is 0 Å². The number of pyridine rings is 1. The van der Waals surface area contributed by atoms with Crippen molar-refractivity contribution in [2.24, 2.45) is 14.1 Å². The lowest BCUT2D eigenvalue weighted by Gasteiger charge is -2.28. The highest BCUT2D eigenvalue weighted by Crippen LogP contribution is 2.31. The van der Waals surface area contributed by atoms with Crippen molar-refractivity contribution < 1.29 is 0 Å². The third-order valence-electron chi connectivity index (χ3n) is 5.38. The zero-order chi connectivity index (χ0) is 19.1. The standard InChI is InChI=1S/C21H23N7/c1-27-20(12-17(26-27)14-7-4-3-5-8-14)24-19-11-18(23-15-9-6-10-15)16-13-22-28(2)21(16)25-19/h3-5,7-8,11-13,15H,6,9-10H2,1-2H3,(H2,23,24,25). The van der Waals surface area contributed by atoms with Crippen LogP contribution >= 0.6 is 0 Å². The summed E-state index contributed by atoms with van der Waals surface area (Å²) in [5.41, 5.74) is 3.96. The molecule has 1 aliphatic rings. The predicted molar refractivity (Wildman–Crippen MR) is 112 cm³/mol. The summed E-state index contributed by atoms with van der Waals surface area (Å²) in [6.45, 7) is 0. The van der Waals surface area contributed by atoms with E-state index in [1.165, 1.54) is 19.3 Å². The molecular formula is C21H23N7. The molecule has 0 atom stereocenters. The van der Waals surface area contributed by atoms with Crippen molar-refractivity contribution in [1.82, 2.24) is 24.5 Å². The molecule has 4 aromatic rings. The van der Waals surface area contributed by atoms with Crippen LogP contribution in [0.3, 0.4) is 0 Å². The molecule has 0 saturated heterocycles. The van der Waals surface area contributed by atoms with Gasteiger partial charge in [0.1, 0.15) is 11.6 Å². The van der Waals surface area contributed by atoms with Crippen LogP contribution in [-0.2, 0) is 14.1 Å². The van der Waals surface area contributed by atoms with Gasteiger partial charge in [0, 0.05) is 37.8 Å². The number of aromatic nitrogens is 5. The fourth-order valence-electron chi connectivity index (χ4n) is 3.54. The Kier molecular flexibility index (Phi) is 4.00. The van der Waals surface area contributed by atoms with Crippen molar-refractivity contribution in [3.8, 4) is 11.3 Å². The van der Waals surface area contributed by atoms with Crippen LogP contribution in [0.15, 0.2) is 48.7 Å². The summed E-state index contributed by atoms with van der Waals surface area (Å²) in [5.74, 6) is 1.67. The minimum atomic E-state index is 0.542. The quantitative estimate of drug-likeness (QED) is 0.552. The molecule has 1 aliphatic carbocycles. The van der Waals surface area contributed by atoms with Crippen LogP contribution in [-0.4, -0.2) is 30.6 Å². The van der Waals surface area contributed by atoms with Gasteiger partial charge in [-0.2, -0.15) is 10.2 Å². The first-order valence-corrected chi connectivity index (χ1v) is 9.63. The normalized spacial score (nSPS) is 14.2. The third-order valence-corrected chi connectivity index (χ3v) is 5.38. The summed E-state index contributed by atoms with van der Waals surface area (Å²) < 4.78 is 3.65. The molecule has 0 unspecified atom stereocenters.